The molecule has 2 heterocycles. The number of hydrogen-bond donors (Lipinski definition) is 1. The number of benzene rings is 1. The Hall–Kier alpha value is -3.02. The molecule has 1 amide bonds. The number of methoxy groups -OCH3 is 1. The van der Waals surface area contributed by atoms with Crippen molar-refractivity contribution in [3.05, 3.63) is 36.0 Å². The summed E-state index contributed by atoms with van der Waals surface area (Å²) in [6, 6.07) is 4.25. The lowest BCUT2D eigenvalue weighted by Gasteiger charge is -2.08. The van der Waals surface area contributed by atoms with Crippen molar-refractivity contribution in [2.24, 2.45) is 14.1 Å². The van der Waals surface area contributed by atoms with Crippen molar-refractivity contribution in [3.8, 4) is 17.3 Å². The predicted molar refractivity (Wildman–Crippen MR) is 101 cm³/mol. The van der Waals surface area contributed by atoms with Crippen molar-refractivity contribution in [2.45, 2.75) is 11.3 Å². The third kappa shape index (κ3) is 4.70. The third-order valence-electron chi connectivity index (χ3n) is 3.89. The molecule has 0 radical (unpaired) electrons. The maximum absolute atomic E-state index is 12.6. The molecule has 2 aromatic heterocycles. The number of anilines is 1. The summed E-state index contributed by atoms with van der Waals surface area (Å²) < 4.78 is 46.3. The molecule has 0 saturated heterocycles. The van der Waals surface area contributed by atoms with Crippen LogP contribution in [0.2, 0.25) is 0 Å². The van der Waals surface area contributed by atoms with Gasteiger partial charge in [-0.25, -0.2) is 0 Å². The quantitative estimate of drug-likeness (QED) is 0.610. The Bertz CT molecular complexity index is 1010. The van der Waals surface area contributed by atoms with Gasteiger partial charge in [0.15, 0.2) is 11.0 Å². The fourth-order valence-corrected chi connectivity index (χ4v) is 3.23. The smallest absolute Gasteiger partial charge is 0.416 e. The lowest BCUT2D eigenvalue weighted by molar-refractivity contribution is -0.137. The molecule has 1 N–H and O–H groups in total. The minimum atomic E-state index is -4.42. The molecule has 0 spiro atoms. The second-order valence-electron chi connectivity index (χ2n) is 6.00. The van der Waals surface area contributed by atoms with Gasteiger partial charge in [-0.15, -0.1) is 15.3 Å². The van der Waals surface area contributed by atoms with Crippen LogP contribution in [0.1, 0.15) is 5.56 Å². The van der Waals surface area contributed by atoms with Crippen molar-refractivity contribution < 1.29 is 22.7 Å². The number of ether oxygens (including phenoxy) is 1. The van der Waals surface area contributed by atoms with E-state index in [0.717, 1.165) is 23.9 Å². The Morgan fingerprint density at radius 1 is 1.21 bits per heavy atom. The fourth-order valence-electron chi connectivity index (χ4n) is 2.52. The molecule has 0 atom stereocenters. The van der Waals surface area contributed by atoms with E-state index >= 15 is 0 Å². The second kappa shape index (κ2) is 8.15. The van der Waals surface area contributed by atoms with Gasteiger partial charge >= 0.3 is 6.18 Å². The maximum atomic E-state index is 12.6. The summed E-state index contributed by atoms with van der Waals surface area (Å²) in [7, 11) is 5.00. The Morgan fingerprint density at radius 3 is 2.52 bits per heavy atom. The van der Waals surface area contributed by atoms with Crippen molar-refractivity contribution in [1.29, 1.82) is 0 Å². The van der Waals surface area contributed by atoms with E-state index in [1.54, 1.807) is 29.5 Å². The van der Waals surface area contributed by atoms with E-state index in [1.165, 1.54) is 19.2 Å². The van der Waals surface area contributed by atoms with Gasteiger partial charge in [-0.05, 0) is 24.3 Å². The number of carbonyl (C=O) groups excluding carboxylic acids is 1. The standard InChI is InChI=1S/C17H17F3N6O2S/c1-25-8-12(15(24-25)28-3)14-22-23-16(26(14)2)29-9-13(27)21-11-6-4-10(5-7-11)17(18,19)20/h4-8H,9H2,1-3H3,(H,21,27). The van der Waals surface area contributed by atoms with Crippen LogP contribution in [-0.2, 0) is 25.1 Å². The summed E-state index contributed by atoms with van der Waals surface area (Å²) in [4.78, 5) is 12.1. The van der Waals surface area contributed by atoms with Gasteiger partial charge in [-0.2, -0.15) is 13.2 Å². The topological polar surface area (TPSA) is 86.9 Å². The van der Waals surface area contributed by atoms with Gasteiger partial charge in [0.25, 0.3) is 0 Å². The number of thioether (sulfide) groups is 1. The summed E-state index contributed by atoms with van der Waals surface area (Å²) in [6.07, 6.45) is -2.67. The molecule has 12 heteroatoms. The number of amides is 1. The number of aryl methyl sites for hydroxylation is 1. The molecule has 0 fully saturated rings. The SMILES string of the molecule is COc1nn(C)cc1-c1nnc(SCC(=O)Nc2ccc(C(F)(F)F)cc2)n1C. The molecule has 8 nitrogen and oxygen atoms in total. The van der Waals surface area contributed by atoms with Crippen molar-refractivity contribution in [1.82, 2.24) is 24.5 Å². The molecule has 1 aromatic carbocycles. The number of hydrogen-bond acceptors (Lipinski definition) is 6. The van der Waals surface area contributed by atoms with Crippen LogP contribution in [0.4, 0.5) is 18.9 Å². The maximum Gasteiger partial charge on any atom is 0.416 e. The van der Waals surface area contributed by atoms with E-state index in [2.05, 4.69) is 20.6 Å². The number of carbonyl (C=O) groups is 1. The zero-order chi connectivity index (χ0) is 21.2. The minimum Gasteiger partial charge on any atom is -0.479 e. The number of aromatic nitrogens is 5. The molecule has 0 bridgehead atoms. The first kappa shape index (κ1) is 20.7. The van der Waals surface area contributed by atoms with E-state index in [0.29, 0.717) is 22.4 Å². The van der Waals surface area contributed by atoms with Crippen molar-refractivity contribution in [2.75, 3.05) is 18.2 Å². The van der Waals surface area contributed by atoms with Gasteiger partial charge in [0.1, 0.15) is 5.56 Å². The van der Waals surface area contributed by atoms with E-state index in [4.69, 9.17) is 4.74 Å². The first-order chi connectivity index (χ1) is 13.7. The number of nitrogens with one attached hydrogen (secondary N) is 1. The summed E-state index contributed by atoms with van der Waals surface area (Å²) in [6.45, 7) is 0. The Kier molecular flexibility index (Phi) is 5.82. The Morgan fingerprint density at radius 2 is 1.90 bits per heavy atom. The third-order valence-corrected chi connectivity index (χ3v) is 4.91. The average Bonchev–Trinajstić information content (AvgIpc) is 3.21. The van der Waals surface area contributed by atoms with Crippen LogP contribution in [0.15, 0.2) is 35.6 Å². The molecule has 154 valence electrons. The van der Waals surface area contributed by atoms with E-state index in [-0.39, 0.29) is 17.3 Å². The number of halogens is 3. The highest BCUT2D eigenvalue weighted by Gasteiger charge is 2.30. The van der Waals surface area contributed by atoms with Crippen LogP contribution in [0, 0.1) is 0 Å². The van der Waals surface area contributed by atoms with Gasteiger partial charge < -0.3 is 14.6 Å². The van der Waals surface area contributed by atoms with Crippen LogP contribution < -0.4 is 10.1 Å². The van der Waals surface area contributed by atoms with Crippen molar-refractivity contribution >= 4 is 23.4 Å². The summed E-state index contributed by atoms with van der Waals surface area (Å²) in [5.41, 5.74) is 0.163. The molecular weight excluding hydrogens is 409 g/mol. The highest BCUT2D eigenvalue weighted by atomic mass is 32.2. The van der Waals surface area contributed by atoms with Gasteiger partial charge in [-0.1, -0.05) is 11.8 Å². The van der Waals surface area contributed by atoms with Crippen LogP contribution in [0.3, 0.4) is 0 Å². The number of alkyl halides is 3. The zero-order valence-electron chi connectivity index (χ0n) is 15.7. The Labute approximate surface area is 168 Å². The van der Waals surface area contributed by atoms with Crippen LogP contribution in [0.25, 0.3) is 11.4 Å². The highest BCUT2D eigenvalue weighted by molar-refractivity contribution is 7.99. The molecule has 3 aromatic rings. The second-order valence-corrected chi connectivity index (χ2v) is 6.95. The zero-order valence-corrected chi connectivity index (χ0v) is 16.5. The molecule has 0 saturated carbocycles. The molecule has 29 heavy (non-hydrogen) atoms. The Balaban J connectivity index is 1.63. The molecule has 0 aliphatic heterocycles. The van der Waals surface area contributed by atoms with Gasteiger partial charge in [0, 0.05) is 26.0 Å². The largest absolute Gasteiger partial charge is 0.479 e. The summed E-state index contributed by atoms with van der Waals surface area (Å²) >= 11 is 1.15. The van der Waals surface area contributed by atoms with Gasteiger partial charge in [0.05, 0.1) is 18.4 Å². The van der Waals surface area contributed by atoms with Gasteiger partial charge in [-0.3, -0.25) is 9.48 Å². The summed E-state index contributed by atoms with van der Waals surface area (Å²) in [5.74, 6) is 0.565. The lowest BCUT2D eigenvalue weighted by Crippen LogP contribution is -2.14. The first-order valence-corrected chi connectivity index (χ1v) is 9.25. The van der Waals surface area contributed by atoms with Crippen LogP contribution in [-0.4, -0.2) is 43.3 Å². The molecular formula is C17H17F3N6O2S. The molecule has 3 rings (SSSR count). The van der Waals surface area contributed by atoms with E-state index in [1.807, 2.05) is 0 Å². The average molecular weight is 426 g/mol. The van der Waals surface area contributed by atoms with Gasteiger partial charge in [0.2, 0.25) is 11.8 Å². The van der Waals surface area contributed by atoms with Crippen LogP contribution in [0.5, 0.6) is 5.88 Å². The molecule has 0 aliphatic carbocycles. The highest BCUT2D eigenvalue weighted by Crippen LogP contribution is 2.30. The predicted octanol–water partition coefficient (Wildman–Crippen LogP) is 2.97. The van der Waals surface area contributed by atoms with Crippen LogP contribution >= 0.6 is 11.8 Å². The lowest BCUT2D eigenvalue weighted by atomic mass is 10.2. The minimum absolute atomic E-state index is 0.0111. The monoisotopic (exact) mass is 426 g/mol. The fraction of sp³-hybridized carbons (Fsp3) is 0.294. The molecule has 0 aliphatic rings. The number of rotatable bonds is 6. The van der Waals surface area contributed by atoms with E-state index < -0.39 is 11.7 Å². The summed E-state index contributed by atoms with van der Waals surface area (Å²) in [5, 5.41) is 15.4. The van der Waals surface area contributed by atoms with E-state index in [9.17, 15) is 18.0 Å². The van der Waals surface area contributed by atoms with Crippen molar-refractivity contribution in [3.63, 3.8) is 0 Å². The number of nitrogens with zero attached hydrogens (tertiary/aromatic N) is 5. The first-order valence-electron chi connectivity index (χ1n) is 8.26. The molecule has 0 unspecified atom stereocenters. The normalized spacial score (nSPS) is 11.5.